The molecule has 3 saturated heterocycles. The minimum absolute atomic E-state index is 0.120. The number of fused-ring (bicyclic) bond motifs is 2. The van der Waals surface area contributed by atoms with Crippen molar-refractivity contribution in [3.05, 3.63) is 65.2 Å². The van der Waals surface area contributed by atoms with E-state index in [0.29, 0.717) is 44.7 Å². The number of halogens is 5. The monoisotopic (exact) mass is 564 g/mol. The number of amides is 2. The average molecular weight is 565 g/mol. The third-order valence-electron chi connectivity index (χ3n) is 8.85. The fraction of sp³-hybridized carbons (Fsp3) is 0.500. The molecular weight excluding hydrogens is 535 g/mol. The number of anilines is 1. The van der Waals surface area contributed by atoms with Crippen LogP contribution in [0.15, 0.2) is 42.5 Å². The molecule has 4 aliphatic rings. The van der Waals surface area contributed by atoms with Gasteiger partial charge < -0.3 is 19.4 Å². The van der Waals surface area contributed by atoms with Gasteiger partial charge in [0, 0.05) is 69.5 Å². The number of alkyl halides is 3. The number of hydrogen-bond acceptors (Lipinski definition) is 5. The molecule has 12 heteroatoms. The van der Waals surface area contributed by atoms with Gasteiger partial charge in [0.25, 0.3) is 17.4 Å². The summed E-state index contributed by atoms with van der Waals surface area (Å²) in [5, 5.41) is 0. The van der Waals surface area contributed by atoms with E-state index in [1.807, 2.05) is 4.90 Å². The lowest BCUT2D eigenvalue weighted by Crippen LogP contribution is -2.72. The third kappa shape index (κ3) is 3.82. The highest BCUT2D eigenvalue weighted by Gasteiger charge is 2.77. The van der Waals surface area contributed by atoms with E-state index in [4.69, 9.17) is 4.74 Å². The molecule has 2 aromatic carbocycles. The van der Waals surface area contributed by atoms with Crippen molar-refractivity contribution in [3.8, 4) is 0 Å². The molecule has 0 bridgehead atoms. The van der Waals surface area contributed by atoms with Crippen LogP contribution >= 0.6 is 0 Å². The summed E-state index contributed by atoms with van der Waals surface area (Å²) in [4.78, 5) is 31.5. The number of carbonyl (C=O) groups is 2. The van der Waals surface area contributed by atoms with E-state index in [-0.39, 0.29) is 18.2 Å². The van der Waals surface area contributed by atoms with Crippen molar-refractivity contribution >= 4 is 17.5 Å². The standard InChI is InChI=1S/C28H29F5N4O3/c1-34(2)23(38)22-20(29)12-18(13-21(22)30)35-8-10-36(11-9-35)19-14-26(15-19)16-37-24(39)27(28(31,32)33,40-25(26)37)17-6-4-3-5-7-17/h3-7,12-13,19,25H,8-11,14-16H2,1-2H3/t19?,25?,26?,27-/m0/s1. The maximum absolute atomic E-state index is 14.6. The van der Waals surface area contributed by atoms with Crippen molar-refractivity contribution in [3.63, 3.8) is 0 Å². The Morgan fingerprint density at radius 1 is 1.00 bits per heavy atom. The number of nitrogens with zero attached hydrogens (tertiary/aromatic N) is 4. The molecule has 0 radical (unpaired) electrons. The molecule has 40 heavy (non-hydrogen) atoms. The van der Waals surface area contributed by atoms with Crippen molar-refractivity contribution in [2.75, 3.05) is 51.7 Å². The molecule has 0 aromatic heterocycles. The smallest absolute Gasteiger partial charge is 0.369 e. The molecule has 1 aliphatic carbocycles. The minimum atomic E-state index is -4.90. The quantitative estimate of drug-likeness (QED) is 0.532. The third-order valence-corrected chi connectivity index (χ3v) is 8.85. The maximum atomic E-state index is 14.6. The lowest BCUT2D eigenvalue weighted by molar-refractivity contribution is -0.302. The van der Waals surface area contributed by atoms with Crippen LogP contribution in [0.3, 0.4) is 0 Å². The van der Waals surface area contributed by atoms with Crippen LogP contribution in [0.4, 0.5) is 27.6 Å². The summed E-state index contributed by atoms with van der Waals surface area (Å²) in [5.74, 6) is -3.63. The van der Waals surface area contributed by atoms with Crippen LogP contribution < -0.4 is 4.90 Å². The molecule has 1 saturated carbocycles. The summed E-state index contributed by atoms with van der Waals surface area (Å²) in [6.07, 6.45) is -4.61. The van der Waals surface area contributed by atoms with Crippen molar-refractivity contribution in [1.29, 1.82) is 0 Å². The predicted octanol–water partition coefficient (Wildman–Crippen LogP) is 3.59. The second-order valence-electron chi connectivity index (χ2n) is 11.4. The second kappa shape index (κ2) is 9.13. The Morgan fingerprint density at radius 3 is 2.15 bits per heavy atom. The number of piperazine rings is 1. The van der Waals surface area contributed by atoms with Gasteiger partial charge in [-0.15, -0.1) is 0 Å². The summed E-state index contributed by atoms with van der Waals surface area (Å²) >= 11 is 0. The Morgan fingerprint density at radius 2 is 1.60 bits per heavy atom. The van der Waals surface area contributed by atoms with Gasteiger partial charge in [-0.25, -0.2) is 8.78 Å². The summed E-state index contributed by atoms with van der Waals surface area (Å²) in [5.41, 5.74) is -3.95. The first-order chi connectivity index (χ1) is 18.9. The van der Waals surface area contributed by atoms with Gasteiger partial charge in [-0.1, -0.05) is 30.3 Å². The first kappa shape index (κ1) is 26.9. The Labute approximate surface area is 228 Å². The molecule has 3 heterocycles. The highest BCUT2D eigenvalue weighted by molar-refractivity contribution is 5.95. The fourth-order valence-corrected chi connectivity index (χ4v) is 6.70. The maximum Gasteiger partial charge on any atom is 0.431 e. The largest absolute Gasteiger partial charge is 0.431 e. The molecular formula is C28H29F5N4O3. The van der Waals surface area contributed by atoms with Gasteiger partial charge in [-0.3, -0.25) is 14.5 Å². The molecule has 2 atom stereocenters. The number of benzene rings is 2. The lowest BCUT2D eigenvalue weighted by atomic mass is 9.59. The van der Waals surface area contributed by atoms with Gasteiger partial charge in [0.05, 0.1) is 0 Å². The molecule has 0 N–H and O–H groups in total. The zero-order valence-electron chi connectivity index (χ0n) is 22.0. The Bertz CT molecular complexity index is 1320. The zero-order valence-corrected chi connectivity index (χ0v) is 22.0. The Balaban J connectivity index is 1.10. The zero-order chi connectivity index (χ0) is 28.6. The Kier molecular flexibility index (Phi) is 6.15. The van der Waals surface area contributed by atoms with Crippen molar-refractivity contribution in [2.45, 2.75) is 36.9 Å². The molecule has 2 amide bonds. The van der Waals surface area contributed by atoms with E-state index in [0.717, 1.165) is 4.90 Å². The van der Waals surface area contributed by atoms with Crippen LogP contribution in [0.1, 0.15) is 28.8 Å². The number of carbonyl (C=O) groups excluding carboxylic acids is 2. The van der Waals surface area contributed by atoms with E-state index in [1.165, 1.54) is 55.4 Å². The summed E-state index contributed by atoms with van der Waals surface area (Å²) in [6.45, 7) is 2.44. The molecule has 1 unspecified atom stereocenters. The van der Waals surface area contributed by atoms with Crippen molar-refractivity contribution in [1.82, 2.24) is 14.7 Å². The lowest BCUT2D eigenvalue weighted by Gasteiger charge is -2.63. The first-order valence-corrected chi connectivity index (χ1v) is 13.2. The molecule has 2 aromatic rings. The first-order valence-electron chi connectivity index (χ1n) is 13.2. The van der Waals surface area contributed by atoms with Gasteiger partial charge >= 0.3 is 6.18 Å². The van der Waals surface area contributed by atoms with Gasteiger partial charge in [-0.2, -0.15) is 13.2 Å². The minimum Gasteiger partial charge on any atom is -0.369 e. The van der Waals surface area contributed by atoms with Gasteiger partial charge in [0.15, 0.2) is 0 Å². The van der Waals surface area contributed by atoms with Gasteiger partial charge in [-0.05, 0) is 25.0 Å². The van der Waals surface area contributed by atoms with Crippen LogP contribution in [0.5, 0.6) is 0 Å². The van der Waals surface area contributed by atoms with E-state index >= 15 is 0 Å². The number of hydrogen-bond donors (Lipinski definition) is 0. The topological polar surface area (TPSA) is 56.3 Å². The second-order valence-corrected chi connectivity index (χ2v) is 11.4. The molecule has 3 aliphatic heterocycles. The van der Waals surface area contributed by atoms with Crippen molar-refractivity contribution in [2.24, 2.45) is 5.41 Å². The normalized spacial score (nSPS) is 30.2. The highest BCUT2D eigenvalue weighted by atomic mass is 19.4. The van der Waals surface area contributed by atoms with Crippen molar-refractivity contribution < 1.29 is 36.3 Å². The van der Waals surface area contributed by atoms with E-state index < -0.39 is 52.4 Å². The molecule has 6 rings (SSSR count). The van der Waals surface area contributed by atoms with Gasteiger partial charge in [0.2, 0.25) is 0 Å². The molecule has 214 valence electrons. The number of rotatable bonds is 4. The predicted molar refractivity (Wildman–Crippen MR) is 134 cm³/mol. The highest BCUT2D eigenvalue weighted by Crippen LogP contribution is 2.62. The van der Waals surface area contributed by atoms with E-state index in [2.05, 4.69) is 4.90 Å². The summed E-state index contributed by atoms with van der Waals surface area (Å²) in [7, 11) is 2.85. The molecule has 4 fully saturated rings. The SMILES string of the molecule is CN(C)C(=O)c1c(F)cc(N2CCN(C3CC4(C3)CN3C(=O)[C@@](c5ccccc5)(C(F)(F)F)OC34)CC2)cc1F. The molecule has 7 nitrogen and oxygen atoms in total. The van der Waals surface area contributed by atoms with Gasteiger partial charge in [0.1, 0.15) is 23.4 Å². The van der Waals surface area contributed by atoms with Crippen LogP contribution in [0, 0.1) is 17.0 Å². The average Bonchev–Trinajstić information content (AvgIpc) is 3.11. The van der Waals surface area contributed by atoms with Crippen LogP contribution in [-0.2, 0) is 15.1 Å². The molecule has 1 spiro atoms. The van der Waals surface area contributed by atoms with E-state index in [1.54, 1.807) is 6.07 Å². The fourth-order valence-electron chi connectivity index (χ4n) is 6.70. The van der Waals surface area contributed by atoms with Crippen LogP contribution in [0.25, 0.3) is 0 Å². The van der Waals surface area contributed by atoms with E-state index in [9.17, 15) is 31.5 Å². The summed E-state index contributed by atoms with van der Waals surface area (Å²) < 4.78 is 77.9. The van der Waals surface area contributed by atoms with Crippen LogP contribution in [0.2, 0.25) is 0 Å². The number of ether oxygens (including phenoxy) is 1. The Hall–Kier alpha value is -3.25. The summed E-state index contributed by atoms with van der Waals surface area (Å²) in [6, 6.07) is 9.53. The van der Waals surface area contributed by atoms with Crippen LogP contribution in [-0.4, -0.2) is 91.8 Å².